The van der Waals surface area contributed by atoms with Gasteiger partial charge in [-0.25, -0.2) is 9.63 Å². The maximum absolute atomic E-state index is 11.3. The van der Waals surface area contributed by atoms with Crippen molar-refractivity contribution in [3.05, 3.63) is 0 Å². The number of esters is 1. The molecule has 13 heavy (non-hydrogen) atoms. The van der Waals surface area contributed by atoms with Gasteiger partial charge in [-0.2, -0.15) is 0 Å². The zero-order chi connectivity index (χ0) is 10.4. The highest BCUT2D eigenvalue weighted by molar-refractivity contribution is 6.18. The van der Waals surface area contributed by atoms with Crippen molar-refractivity contribution < 1.29 is 14.3 Å². The number of carbonyl (C=O) groups is 2. The molecule has 0 heterocycles. The summed E-state index contributed by atoms with van der Waals surface area (Å²) in [6.07, 6.45) is 0. The van der Waals surface area contributed by atoms with Crippen molar-refractivity contribution in [3.63, 3.8) is 0 Å². The first-order chi connectivity index (χ1) is 6.04. The average Bonchev–Trinajstić information content (AvgIpc) is 2.05. The molecule has 0 aliphatic carbocycles. The summed E-state index contributed by atoms with van der Waals surface area (Å²) in [7, 11) is 0. The molecule has 5 heteroatoms. The van der Waals surface area contributed by atoms with Crippen LogP contribution in [-0.2, 0) is 14.3 Å². The summed E-state index contributed by atoms with van der Waals surface area (Å²) in [4.78, 5) is 24.6. The van der Waals surface area contributed by atoms with E-state index in [4.69, 9.17) is 11.8 Å². The Hall–Kier alpha value is -0.610. The van der Waals surface area contributed by atoms with Gasteiger partial charge in [-0.15, -0.1) is 0 Å². The maximum atomic E-state index is 11.3. The molecule has 4 nitrogen and oxygen atoms in total. The Labute approximate surface area is 82.7 Å². The zero-order valence-electron chi connectivity index (χ0n) is 7.96. The second-order valence-corrected chi connectivity index (χ2v) is 3.07. The van der Waals surface area contributed by atoms with Gasteiger partial charge in [-0.3, -0.25) is 4.79 Å². The van der Waals surface area contributed by atoms with Crippen LogP contribution in [-0.4, -0.2) is 24.4 Å². The van der Waals surface area contributed by atoms with E-state index in [1.54, 1.807) is 20.8 Å². The first-order valence-electron chi connectivity index (χ1n) is 4.11. The van der Waals surface area contributed by atoms with Crippen molar-refractivity contribution in [2.75, 3.05) is 6.61 Å². The smallest absolute Gasteiger partial charge is 0.332 e. The lowest BCUT2D eigenvalue weighted by Crippen LogP contribution is -2.42. The molecule has 0 aromatic carbocycles. The third-order valence-corrected chi connectivity index (χ3v) is 1.70. The first kappa shape index (κ1) is 12.4. The number of ether oxygens (including phenoxy) is 1. The molecule has 0 aromatic heterocycles. The summed E-state index contributed by atoms with van der Waals surface area (Å²) in [6.45, 7) is 5.30. The van der Waals surface area contributed by atoms with Crippen LogP contribution in [0.25, 0.3) is 0 Å². The summed E-state index contributed by atoms with van der Waals surface area (Å²) in [5.74, 6) is -1.15. The Balaban J connectivity index is 4.32. The van der Waals surface area contributed by atoms with Crippen molar-refractivity contribution >= 4 is 23.5 Å². The number of nitrogens with one attached hydrogen (secondary N) is 1. The summed E-state index contributed by atoms with van der Waals surface area (Å²) in [5, 5.41) is 0. The second-order valence-electron chi connectivity index (χ2n) is 2.85. The van der Waals surface area contributed by atoms with E-state index >= 15 is 0 Å². The Bertz CT molecular complexity index is 194. The van der Waals surface area contributed by atoms with Crippen LogP contribution in [0.4, 0.5) is 0 Å². The maximum Gasteiger partial charge on any atom is 0.332 e. The van der Waals surface area contributed by atoms with Gasteiger partial charge < -0.3 is 4.74 Å². The molecular formula is C8H14ClNO3. The Morgan fingerprint density at radius 1 is 1.46 bits per heavy atom. The molecule has 0 fully saturated rings. The molecule has 0 saturated heterocycles. The van der Waals surface area contributed by atoms with E-state index in [1.165, 1.54) is 0 Å². The molecule has 0 aliphatic rings. The van der Waals surface area contributed by atoms with Crippen LogP contribution in [0.5, 0.6) is 0 Å². The highest BCUT2D eigenvalue weighted by Crippen LogP contribution is 2.02. The largest absolute Gasteiger partial charge is 0.464 e. The van der Waals surface area contributed by atoms with Crippen LogP contribution in [0.15, 0.2) is 0 Å². The minimum atomic E-state index is -1.05. The molecule has 0 amide bonds. The fraction of sp³-hybridized carbons (Fsp3) is 0.750. The SMILES string of the molecule is CCOC(=O)C(NCl)C(=O)C(C)C. The van der Waals surface area contributed by atoms with Crippen LogP contribution >= 0.6 is 11.8 Å². The summed E-state index contributed by atoms with van der Waals surface area (Å²) >= 11 is 5.27. The molecule has 0 bridgehead atoms. The monoisotopic (exact) mass is 207 g/mol. The molecule has 0 radical (unpaired) electrons. The van der Waals surface area contributed by atoms with Crippen LogP contribution < -0.4 is 4.84 Å². The van der Waals surface area contributed by atoms with Gasteiger partial charge in [0.25, 0.3) is 0 Å². The van der Waals surface area contributed by atoms with E-state index in [2.05, 4.69) is 9.57 Å². The summed E-state index contributed by atoms with van der Waals surface area (Å²) < 4.78 is 4.66. The zero-order valence-corrected chi connectivity index (χ0v) is 8.72. The van der Waals surface area contributed by atoms with Gasteiger partial charge in [-0.05, 0) is 18.7 Å². The number of halogens is 1. The minimum Gasteiger partial charge on any atom is -0.464 e. The summed E-state index contributed by atoms with van der Waals surface area (Å²) in [5.41, 5.74) is 0. The van der Waals surface area contributed by atoms with Crippen LogP contribution in [0.2, 0.25) is 0 Å². The van der Waals surface area contributed by atoms with E-state index in [-0.39, 0.29) is 18.3 Å². The topological polar surface area (TPSA) is 55.4 Å². The van der Waals surface area contributed by atoms with Gasteiger partial charge in [0.05, 0.1) is 6.61 Å². The Morgan fingerprint density at radius 2 is 2.00 bits per heavy atom. The lowest BCUT2D eigenvalue weighted by Gasteiger charge is -2.13. The number of hydrogen-bond acceptors (Lipinski definition) is 4. The normalized spacial score (nSPS) is 12.7. The molecule has 0 aliphatic heterocycles. The minimum absolute atomic E-state index is 0.235. The lowest BCUT2D eigenvalue weighted by molar-refractivity contribution is -0.148. The molecular weight excluding hydrogens is 194 g/mol. The van der Waals surface area contributed by atoms with E-state index in [0.29, 0.717) is 0 Å². The van der Waals surface area contributed by atoms with E-state index in [9.17, 15) is 9.59 Å². The predicted octanol–water partition coefficient (Wildman–Crippen LogP) is 0.887. The van der Waals surface area contributed by atoms with Crippen LogP contribution in [0, 0.1) is 5.92 Å². The van der Waals surface area contributed by atoms with Crippen molar-refractivity contribution in [3.8, 4) is 0 Å². The molecule has 0 spiro atoms. The third-order valence-electron chi connectivity index (χ3n) is 1.48. The molecule has 0 aromatic rings. The van der Waals surface area contributed by atoms with Crippen molar-refractivity contribution in [1.82, 2.24) is 4.84 Å². The summed E-state index contributed by atoms with van der Waals surface area (Å²) in [6, 6.07) is -1.05. The average molecular weight is 208 g/mol. The highest BCUT2D eigenvalue weighted by atomic mass is 35.5. The van der Waals surface area contributed by atoms with Crippen molar-refractivity contribution in [2.45, 2.75) is 26.8 Å². The molecule has 1 N–H and O–H groups in total. The molecule has 0 saturated carbocycles. The lowest BCUT2D eigenvalue weighted by atomic mass is 10.0. The van der Waals surface area contributed by atoms with Crippen molar-refractivity contribution in [2.24, 2.45) is 5.92 Å². The fourth-order valence-electron chi connectivity index (χ4n) is 0.773. The van der Waals surface area contributed by atoms with Gasteiger partial charge in [0, 0.05) is 5.92 Å². The molecule has 76 valence electrons. The van der Waals surface area contributed by atoms with Crippen molar-refractivity contribution in [1.29, 1.82) is 0 Å². The number of rotatable bonds is 5. The van der Waals surface area contributed by atoms with Crippen LogP contribution in [0.3, 0.4) is 0 Å². The molecule has 1 atom stereocenters. The number of Topliss-reactive ketones (excluding diaryl/α,β-unsaturated/α-hetero) is 1. The number of ketones is 1. The van der Waals surface area contributed by atoms with Gasteiger partial charge in [0.2, 0.25) is 0 Å². The van der Waals surface area contributed by atoms with Gasteiger partial charge in [0.1, 0.15) is 0 Å². The second kappa shape index (κ2) is 5.94. The van der Waals surface area contributed by atoms with Gasteiger partial charge in [-0.1, -0.05) is 13.8 Å². The number of hydrogen-bond donors (Lipinski definition) is 1. The standard InChI is InChI=1S/C8H14ClNO3/c1-4-13-8(12)6(10-9)7(11)5(2)3/h5-6,10H,4H2,1-3H3. The van der Waals surface area contributed by atoms with E-state index < -0.39 is 12.0 Å². The first-order valence-corrected chi connectivity index (χ1v) is 4.48. The Morgan fingerprint density at radius 3 is 2.31 bits per heavy atom. The molecule has 1 unspecified atom stereocenters. The number of carbonyl (C=O) groups excluding carboxylic acids is 2. The quantitative estimate of drug-likeness (QED) is 0.413. The van der Waals surface area contributed by atoms with Gasteiger partial charge in [0.15, 0.2) is 11.8 Å². The van der Waals surface area contributed by atoms with E-state index in [0.717, 1.165) is 0 Å². The Kier molecular flexibility index (Phi) is 5.66. The van der Waals surface area contributed by atoms with Gasteiger partial charge >= 0.3 is 5.97 Å². The van der Waals surface area contributed by atoms with Crippen LogP contribution in [0.1, 0.15) is 20.8 Å². The van der Waals surface area contributed by atoms with E-state index in [1.807, 2.05) is 0 Å². The highest BCUT2D eigenvalue weighted by Gasteiger charge is 2.28. The third kappa shape index (κ3) is 3.74. The fourth-order valence-corrected chi connectivity index (χ4v) is 0.970. The predicted molar refractivity (Wildman–Crippen MR) is 49.3 cm³/mol. The molecule has 0 rings (SSSR count).